The fraction of sp³-hybridized carbons (Fsp3) is 0.933. The first-order valence-corrected chi connectivity index (χ1v) is 7.72. The van der Waals surface area contributed by atoms with Gasteiger partial charge in [0.15, 0.2) is 0 Å². The van der Waals surface area contributed by atoms with Crippen molar-refractivity contribution >= 4 is 5.91 Å². The van der Waals surface area contributed by atoms with Gasteiger partial charge in [-0.05, 0) is 46.1 Å². The van der Waals surface area contributed by atoms with Gasteiger partial charge in [-0.1, -0.05) is 12.8 Å². The van der Waals surface area contributed by atoms with Crippen molar-refractivity contribution in [2.45, 2.75) is 64.0 Å². The first-order chi connectivity index (χ1) is 8.98. The Morgan fingerprint density at radius 2 is 1.74 bits per heavy atom. The molecule has 4 heteroatoms. The van der Waals surface area contributed by atoms with E-state index in [1.165, 1.54) is 12.8 Å². The number of amides is 1. The van der Waals surface area contributed by atoms with Gasteiger partial charge in [0.05, 0.1) is 12.1 Å². The van der Waals surface area contributed by atoms with Gasteiger partial charge in [0.2, 0.25) is 5.91 Å². The van der Waals surface area contributed by atoms with E-state index in [0.717, 1.165) is 45.3 Å². The number of hydrogen-bond acceptors (Lipinski definition) is 3. The number of aliphatic hydroxyl groups is 1. The third-order valence-corrected chi connectivity index (χ3v) is 4.48. The van der Waals surface area contributed by atoms with Gasteiger partial charge in [0, 0.05) is 19.1 Å². The van der Waals surface area contributed by atoms with E-state index in [4.69, 9.17) is 0 Å². The number of likely N-dealkylation sites (tertiary alicyclic amines) is 2. The summed E-state index contributed by atoms with van der Waals surface area (Å²) in [6.07, 6.45) is 6.86. The van der Waals surface area contributed by atoms with E-state index >= 15 is 0 Å². The molecular weight excluding hydrogens is 240 g/mol. The minimum absolute atomic E-state index is 0.128. The summed E-state index contributed by atoms with van der Waals surface area (Å²) in [5.74, 6) is 0.248. The largest absolute Gasteiger partial charge is 0.389 e. The maximum absolute atomic E-state index is 12.4. The molecule has 2 rings (SSSR count). The molecule has 0 aliphatic carbocycles. The van der Waals surface area contributed by atoms with Crippen LogP contribution < -0.4 is 0 Å². The lowest BCUT2D eigenvalue weighted by molar-refractivity contribution is -0.133. The smallest absolute Gasteiger partial charge is 0.236 e. The SMILES string of the molecule is CC(C)(O)C1CCCN1CC(=O)N1CCCCCC1. The highest BCUT2D eigenvalue weighted by molar-refractivity contribution is 5.78. The first-order valence-electron chi connectivity index (χ1n) is 7.72. The van der Waals surface area contributed by atoms with E-state index in [9.17, 15) is 9.90 Å². The average molecular weight is 268 g/mol. The Balaban J connectivity index is 1.90. The van der Waals surface area contributed by atoms with Crippen molar-refractivity contribution < 1.29 is 9.90 Å². The zero-order valence-corrected chi connectivity index (χ0v) is 12.4. The molecule has 2 fully saturated rings. The molecule has 2 aliphatic rings. The molecule has 110 valence electrons. The summed E-state index contributed by atoms with van der Waals surface area (Å²) < 4.78 is 0. The lowest BCUT2D eigenvalue weighted by Crippen LogP contribution is -2.49. The molecule has 1 amide bonds. The molecule has 0 radical (unpaired) electrons. The molecule has 19 heavy (non-hydrogen) atoms. The van der Waals surface area contributed by atoms with Crippen LogP contribution in [0.3, 0.4) is 0 Å². The predicted octanol–water partition coefficient (Wildman–Crippen LogP) is 1.62. The summed E-state index contributed by atoms with van der Waals surface area (Å²) in [7, 11) is 0. The maximum atomic E-state index is 12.4. The van der Waals surface area contributed by atoms with E-state index in [-0.39, 0.29) is 11.9 Å². The highest BCUT2D eigenvalue weighted by Gasteiger charge is 2.37. The zero-order chi connectivity index (χ0) is 13.9. The van der Waals surface area contributed by atoms with Gasteiger partial charge in [-0.15, -0.1) is 0 Å². The van der Waals surface area contributed by atoms with Crippen molar-refractivity contribution in [1.29, 1.82) is 0 Å². The number of hydrogen-bond donors (Lipinski definition) is 1. The number of rotatable bonds is 3. The van der Waals surface area contributed by atoms with Crippen molar-refractivity contribution in [2.75, 3.05) is 26.2 Å². The Morgan fingerprint density at radius 3 is 2.32 bits per heavy atom. The lowest BCUT2D eigenvalue weighted by atomic mass is 9.97. The average Bonchev–Trinajstić information content (AvgIpc) is 2.63. The van der Waals surface area contributed by atoms with Crippen LogP contribution in [-0.2, 0) is 4.79 Å². The second-order valence-electron chi connectivity index (χ2n) is 6.58. The van der Waals surface area contributed by atoms with E-state index in [1.807, 2.05) is 18.7 Å². The van der Waals surface area contributed by atoms with Crippen molar-refractivity contribution in [3.63, 3.8) is 0 Å². The summed E-state index contributed by atoms with van der Waals surface area (Å²) in [5.41, 5.74) is -0.713. The van der Waals surface area contributed by atoms with Crippen LogP contribution in [0.1, 0.15) is 52.4 Å². The van der Waals surface area contributed by atoms with Crippen molar-refractivity contribution in [1.82, 2.24) is 9.80 Å². The molecule has 0 aromatic heterocycles. The van der Waals surface area contributed by atoms with E-state index < -0.39 is 5.60 Å². The topological polar surface area (TPSA) is 43.8 Å². The zero-order valence-electron chi connectivity index (χ0n) is 12.4. The minimum Gasteiger partial charge on any atom is -0.389 e. The second-order valence-corrected chi connectivity index (χ2v) is 6.58. The van der Waals surface area contributed by atoms with Crippen LogP contribution in [0, 0.1) is 0 Å². The van der Waals surface area contributed by atoms with Gasteiger partial charge in [-0.3, -0.25) is 9.69 Å². The molecule has 2 saturated heterocycles. The highest BCUT2D eigenvalue weighted by Crippen LogP contribution is 2.26. The molecule has 2 heterocycles. The van der Waals surface area contributed by atoms with E-state index in [1.54, 1.807) is 0 Å². The molecule has 2 aliphatic heterocycles. The Labute approximate surface area is 116 Å². The van der Waals surface area contributed by atoms with Crippen LogP contribution in [0.2, 0.25) is 0 Å². The number of carbonyl (C=O) groups excluding carboxylic acids is 1. The molecule has 0 spiro atoms. The molecule has 0 aromatic rings. The Morgan fingerprint density at radius 1 is 1.11 bits per heavy atom. The summed E-state index contributed by atoms with van der Waals surface area (Å²) in [6.45, 7) is 6.96. The van der Waals surface area contributed by atoms with Crippen LogP contribution in [0.25, 0.3) is 0 Å². The van der Waals surface area contributed by atoms with Gasteiger partial charge >= 0.3 is 0 Å². The normalized spacial score (nSPS) is 26.5. The van der Waals surface area contributed by atoms with Gasteiger partial charge in [-0.25, -0.2) is 0 Å². The third kappa shape index (κ3) is 3.93. The molecule has 1 N–H and O–H groups in total. The molecule has 0 bridgehead atoms. The summed E-state index contributed by atoms with van der Waals surface area (Å²) in [4.78, 5) is 16.6. The Kier molecular flexibility index (Phi) is 4.85. The van der Waals surface area contributed by atoms with Crippen LogP contribution in [0.4, 0.5) is 0 Å². The fourth-order valence-electron chi connectivity index (χ4n) is 3.41. The quantitative estimate of drug-likeness (QED) is 0.846. The van der Waals surface area contributed by atoms with Crippen molar-refractivity contribution in [3.8, 4) is 0 Å². The van der Waals surface area contributed by atoms with Crippen LogP contribution in [-0.4, -0.2) is 58.6 Å². The molecular formula is C15H28N2O2. The molecule has 1 unspecified atom stereocenters. The monoisotopic (exact) mass is 268 g/mol. The van der Waals surface area contributed by atoms with Crippen LogP contribution in [0.5, 0.6) is 0 Å². The van der Waals surface area contributed by atoms with Gasteiger partial charge in [-0.2, -0.15) is 0 Å². The predicted molar refractivity (Wildman–Crippen MR) is 75.9 cm³/mol. The molecule has 4 nitrogen and oxygen atoms in total. The second kappa shape index (κ2) is 6.23. The fourth-order valence-corrected chi connectivity index (χ4v) is 3.41. The molecule has 0 aromatic carbocycles. The van der Waals surface area contributed by atoms with E-state index in [0.29, 0.717) is 6.54 Å². The first kappa shape index (κ1) is 14.8. The number of nitrogens with zero attached hydrogens (tertiary/aromatic N) is 2. The Hall–Kier alpha value is -0.610. The summed E-state index contributed by atoms with van der Waals surface area (Å²) in [5, 5.41) is 10.2. The highest BCUT2D eigenvalue weighted by atomic mass is 16.3. The number of carbonyl (C=O) groups is 1. The lowest BCUT2D eigenvalue weighted by Gasteiger charge is -2.34. The van der Waals surface area contributed by atoms with Gasteiger partial charge in [0.1, 0.15) is 0 Å². The molecule has 1 atom stereocenters. The third-order valence-electron chi connectivity index (χ3n) is 4.48. The van der Waals surface area contributed by atoms with E-state index in [2.05, 4.69) is 4.90 Å². The Bertz CT molecular complexity index is 304. The van der Waals surface area contributed by atoms with Gasteiger partial charge < -0.3 is 10.0 Å². The van der Waals surface area contributed by atoms with Crippen LogP contribution in [0.15, 0.2) is 0 Å². The summed E-state index contributed by atoms with van der Waals surface area (Å²) in [6, 6.07) is 0.128. The minimum atomic E-state index is -0.713. The van der Waals surface area contributed by atoms with Crippen molar-refractivity contribution in [2.24, 2.45) is 0 Å². The van der Waals surface area contributed by atoms with Gasteiger partial charge in [0.25, 0.3) is 0 Å². The standard InChI is InChI=1S/C15H28N2O2/c1-15(2,19)13-8-7-11-17(13)12-14(18)16-9-5-3-4-6-10-16/h13,19H,3-12H2,1-2H3. The van der Waals surface area contributed by atoms with Crippen molar-refractivity contribution in [3.05, 3.63) is 0 Å². The maximum Gasteiger partial charge on any atom is 0.236 e. The summed E-state index contributed by atoms with van der Waals surface area (Å²) >= 11 is 0. The van der Waals surface area contributed by atoms with Crippen LogP contribution >= 0.6 is 0 Å². The molecule has 0 saturated carbocycles.